The van der Waals surface area contributed by atoms with Crippen molar-refractivity contribution in [3.8, 4) is 0 Å². The molecule has 0 N–H and O–H groups in total. The third-order valence-corrected chi connectivity index (χ3v) is 5.56. The van der Waals surface area contributed by atoms with Crippen molar-refractivity contribution in [3.63, 3.8) is 0 Å². The number of Topliss-reactive ketones (excluding diaryl/α,β-unsaturated/α-hetero) is 1. The Morgan fingerprint density at radius 3 is 2.71 bits per heavy atom. The van der Waals surface area contributed by atoms with Crippen LogP contribution in [0.3, 0.4) is 0 Å². The highest BCUT2D eigenvalue weighted by Crippen LogP contribution is 2.22. The average molecular weight is 402 g/mol. The van der Waals surface area contributed by atoms with Crippen LogP contribution in [-0.4, -0.2) is 44.6 Å². The van der Waals surface area contributed by atoms with E-state index < -0.39 is 0 Å². The predicted octanol–water partition coefficient (Wildman–Crippen LogP) is 3.51. The van der Waals surface area contributed by atoms with E-state index in [0.717, 1.165) is 17.0 Å². The van der Waals surface area contributed by atoms with Crippen LogP contribution in [0, 0.1) is 19.7 Å². The molecule has 0 spiro atoms. The van der Waals surface area contributed by atoms with Crippen LogP contribution >= 0.6 is 11.8 Å². The average Bonchev–Trinajstić information content (AvgIpc) is 3.25. The fourth-order valence-electron chi connectivity index (χ4n) is 3.01. The molecule has 6 nitrogen and oxygen atoms in total. The molecule has 0 fully saturated rings. The third kappa shape index (κ3) is 4.69. The van der Waals surface area contributed by atoms with Crippen LogP contribution in [0.15, 0.2) is 41.8 Å². The molecule has 148 valence electrons. The van der Waals surface area contributed by atoms with Gasteiger partial charge in [-0.2, -0.15) is 0 Å². The lowest BCUT2D eigenvalue weighted by Gasteiger charge is -2.10. The number of methoxy groups -OCH3 is 1. The molecule has 0 amide bonds. The fraction of sp³-hybridized carbons (Fsp3) is 0.350. The van der Waals surface area contributed by atoms with Gasteiger partial charge in [-0.25, -0.2) is 4.39 Å². The number of nitrogens with zero attached hydrogens (tertiary/aromatic N) is 4. The Kier molecular flexibility index (Phi) is 6.64. The molecule has 0 saturated carbocycles. The van der Waals surface area contributed by atoms with Crippen LogP contribution in [0.1, 0.15) is 27.3 Å². The Hall–Kier alpha value is -2.45. The van der Waals surface area contributed by atoms with E-state index in [1.165, 1.54) is 23.9 Å². The van der Waals surface area contributed by atoms with Crippen LogP contribution in [0.4, 0.5) is 4.39 Å². The molecule has 0 aliphatic heterocycles. The first-order valence-electron chi connectivity index (χ1n) is 8.93. The minimum absolute atomic E-state index is 0.0461. The molecule has 0 saturated heterocycles. The normalized spacial score (nSPS) is 11.1. The summed E-state index contributed by atoms with van der Waals surface area (Å²) >= 11 is 1.37. The van der Waals surface area contributed by atoms with E-state index in [1.54, 1.807) is 25.6 Å². The van der Waals surface area contributed by atoms with Crippen molar-refractivity contribution in [1.29, 1.82) is 0 Å². The molecule has 0 bridgehead atoms. The van der Waals surface area contributed by atoms with E-state index in [1.807, 2.05) is 24.5 Å². The lowest BCUT2D eigenvalue weighted by atomic mass is 10.2. The summed E-state index contributed by atoms with van der Waals surface area (Å²) in [6, 6.07) is 8.34. The summed E-state index contributed by atoms with van der Waals surface area (Å²) in [4.78, 5) is 12.8. The molecule has 0 radical (unpaired) electrons. The van der Waals surface area contributed by atoms with Crippen molar-refractivity contribution < 1.29 is 13.9 Å². The highest BCUT2D eigenvalue weighted by atomic mass is 32.2. The van der Waals surface area contributed by atoms with Gasteiger partial charge in [0.15, 0.2) is 10.9 Å². The molecule has 28 heavy (non-hydrogen) atoms. The van der Waals surface area contributed by atoms with E-state index in [0.29, 0.717) is 30.4 Å². The van der Waals surface area contributed by atoms with Gasteiger partial charge in [0.2, 0.25) is 0 Å². The SMILES string of the molecule is COCCn1cnnc1SCC(=O)c1cc(C)n(Cc2ccc(F)cc2)c1C. The molecule has 8 heteroatoms. The zero-order valence-corrected chi connectivity index (χ0v) is 17.0. The number of benzene rings is 1. The first-order chi connectivity index (χ1) is 13.5. The van der Waals surface area contributed by atoms with Gasteiger partial charge in [-0.15, -0.1) is 10.2 Å². The number of hydrogen-bond donors (Lipinski definition) is 0. The van der Waals surface area contributed by atoms with Gasteiger partial charge in [0.05, 0.1) is 12.4 Å². The second kappa shape index (κ2) is 9.16. The number of ketones is 1. The standard InChI is InChI=1S/C20H23FN4O2S/c1-14-10-18(15(2)25(14)11-16-4-6-17(21)7-5-16)19(26)12-28-20-23-22-13-24(20)8-9-27-3/h4-7,10,13H,8-9,11-12H2,1-3H3. The minimum Gasteiger partial charge on any atom is -0.383 e. The van der Waals surface area contributed by atoms with Gasteiger partial charge < -0.3 is 13.9 Å². The second-order valence-corrected chi connectivity index (χ2v) is 7.45. The summed E-state index contributed by atoms with van der Waals surface area (Å²) < 4.78 is 22.1. The van der Waals surface area contributed by atoms with E-state index in [-0.39, 0.29) is 17.4 Å². The first kappa shape index (κ1) is 20.3. The summed E-state index contributed by atoms with van der Waals surface area (Å²) in [5.41, 5.74) is 3.60. The van der Waals surface area contributed by atoms with Gasteiger partial charge in [-0.1, -0.05) is 23.9 Å². The van der Waals surface area contributed by atoms with Crippen LogP contribution in [-0.2, 0) is 17.8 Å². The lowest BCUT2D eigenvalue weighted by molar-refractivity contribution is 0.102. The topological polar surface area (TPSA) is 61.9 Å². The summed E-state index contributed by atoms with van der Waals surface area (Å²) in [5.74, 6) is 0.0765. The number of carbonyl (C=O) groups excluding carboxylic acids is 1. The number of carbonyl (C=O) groups is 1. The van der Waals surface area contributed by atoms with Gasteiger partial charge in [0.1, 0.15) is 12.1 Å². The molecule has 2 aromatic heterocycles. The third-order valence-electron chi connectivity index (χ3n) is 4.58. The number of rotatable bonds is 9. The van der Waals surface area contributed by atoms with E-state index in [2.05, 4.69) is 14.8 Å². The molecular weight excluding hydrogens is 379 g/mol. The summed E-state index contributed by atoms with van der Waals surface area (Å²) in [7, 11) is 1.64. The van der Waals surface area contributed by atoms with E-state index in [4.69, 9.17) is 4.74 Å². The van der Waals surface area contributed by atoms with Crippen molar-refractivity contribution in [2.75, 3.05) is 19.5 Å². The molecule has 1 aromatic carbocycles. The van der Waals surface area contributed by atoms with Crippen molar-refractivity contribution in [2.45, 2.75) is 32.1 Å². The maximum Gasteiger partial charge on any atom is 0.191 e. The fourth-order valence-corrected chi connectivity index (χ4v) is 3.83. The number of ether oxygens (including phenoxy) is 1. The van der Waals surface area contributed by atoms with E-state index in [9.17, 15) is 9.18 Å². The molecule has 3 aromatic rings. The number of aryl methyl sites for hydroxylation is 1. The van der Waals surface area contributed by atoms with Crippen LogP contribution in [0.5, 0.6) is 0 Å². The number of halogens is 1. The maximum atomic E-state index is 13.1. The van der Waals surface area contributed by atoms with Crippen LogP contribution in [0.25, 0.3) is 0 Å². The zero-order chi connectivity index (χ0) is 20.1. The Bertz CT molecular complexity index is 950. The Morgan fingerprint density at radius 2 is 2.00 bits per heavy atom. The largest absolute Gasteiger partial charge is 0.383 e. The second-order valence-electron chi connectivity index (χ2n) is 6.51. The molecule has 2 heterocycles. The number of aromatic nitrogens is 4. The number of hydrogen-bond acceptors (Lipinski definition) is 5. The smallest absolute Gasteiger partial charge is 0.191 e. The Balaban J connectivity index is 1.69. The van der Waals surface area contributed by atoms with Crippen LogP contribution in [0.2, 0.25) is 0 Å². The van der Waals surface area contributed by atoms with Crippen molar-refractivity contribution in [2.24, 2.45) is 0 Å². The van der Waals surface area contributed by atoms with Gasteiger partial charge in [-0.3, -0.25) is 4.79 Å². The molecule has 0 unspecified atom stereocenters. The van der Waals surface area contributed by atoms with Crippen molar-refractivity contribution >= 4 is 17.5 Å². The Morgan fingerprint density at radius 1 is 1.25 bits per heavy atom. The highest BCUT2D eigenvalue weighted by molar-refractivity contribution is 7.99. The number of thioether (sulfide) groups is 1. The van der Waals surface area contributed by atoms with Crippen molar-refractivity contribution in [1.82, 2.24) is 19.3 Å². The van der Waals surface area contributed by atoms with Gasteiger partial charge in [0, 0.05) is 37.2 Å². The van der Waals surface area contributed by atoms with Crippen molar-refractivity contribution in [3.05, 3.63) is 65.0 Å². The summed E-state index contributed by atoms with van der Waals surface area (Å²) in [5, 5.41) is 8.68. The summed E-state index contributed by atoms with van der Waals surface area (Å²) in [6.45, 7) is 5.72. The molecule has 3 rings (SSSR count). The predicted molar refractivity (Wildman–Crippen MR) is 106 cm³/mol. The quantitative estimate of drug-likeness (QED) is 0.405. The zero-order valence-electron chi connectivity index (χ0n) is 16.2. The minimum atomic E-state index is -0.254. The first-order valence-corrected chi connectivity index (χ1v) is 9.92. The highest BCUT2D eigenvalue weighted by Gasteiger charge is 2.17. The maximum absolute atomic E-state index is 13.1. The van der Waals surface area contributed by atoms with Gasteiger partial charge in [0.25, 0.3) is 0 Å². The Labute approximate surface area is 167 Å². The molecule has 0 aliphatic rings. The van der Waals surface area contributed by atoms with E-state index >= 15 is 0 Å². The van der Waals surface area contributed by atoms with Crippen LogP contribution < -0.4 is 0 Å². The molecular formula is C20H23FN4O2S. The molecule has 0 atom stereocenters. The van der Waals surface area contributed by atoms with Gasteiger partial charge >= 0.3 is 0 Å². The summed E-state index contributed by atoms with van der Waals surface area (Å²) in [6.07, 6.45) is 1.64. The lowest BCUT2D eigenvalue weighted by Crippen LogP contribution is -2.09. The molecule has 0 aliphatic carbocycles. The van der Waals surface area contributed by atoms with Gasteiger partial charge in [-0.05, 0) is 37.6 Å². The monoisotopic (exact) mass is 402 g/mol.